The Bertz CT molecular complexity index is 524. The zero-order valence-corrected chi connectivity index (χ0v) is 11.7. The van der Waals surface area contributed by atoms with E-state index in [1.807, 2.05) is 0 Å². The molecule has 0 heterocycles. The van der Waals surface area contributed by atoms with Gasteiger partial charge >= 0.3 is 6.18 Å². The zero-order chi connectivity index (χ0) is 15.2. The van der Waals surface area contributed by atoms with Crippen LogP contribution in [-0.2, 0) is 21.8 Å². The van der Waals surface area contributed by atoms with Crippen LogP contribution in [0.25, 0.3) is 0 Å². The molecule has 0 aromatic heterocycles. The molecule has 0 aliphatic heterocycles. The summed E-state index contributed by atoms with van der Waals surface area (Å²) in [5.74, 6) is -0.777. The quantitative estimate of drug-likeness (QED) is 0.788. The first-order valence-electron chi connectivity index (χ1n) is 6.22. The molecular formula is C13H17F3O3S. The molecule has 0 saturated heterocycles. The van der Waals surface area contributed by atoms with Gasteiger partial charge < -0.3 is 5.11 Å². The molecule has 1 aromatic rings. The van der Waals surface area contributed by atoms with Gasteiger partial charge in [-0.15, -0.1) is 0 Å². The van der Waals surface area contributed by atoms with E-state index in [-0.39, 0.29) is 17.9 Å². The predicted octanol–water partition coefficient (Wildman–Crippen LogP) is 2.78. The molecule has 0 bridgehead atoms. The van der Waals surface area contributed by atoms with Gasteiger partial charge in [0.1, 0.15) is 0 Å². The van der Waals surface area contributed by atoms with E-state index >= 15 is 0 Å². The maximum Gasteiger partial charge on any atom is 0.416 e. The number of rotatable bonds is 7. The van der Waals surface area contributed by atoms with Crippen LogP contribution in [0.5, 0.6) is 0 Å². The van der Waals surface area contributed by atoms with Crippen molar-refractivity contribution in [2.45, 2.75) is 31.2 Å². The summed E-state index contributed by atoms with van der Waals surface area (Å²) in [6.45, 7) is -0.0169. The largest absolute Gasteiger partial charge is 0.416 e. The van der Waals surface area contributed by atoms with Crippen molar-refractivity contribution in [3.8, 4) is 0 Å². The van der Waals surface area contributed by atoms with Gasteiger partial charge in [-0.05, 0) is 24.5 Å². The first-order chi connectivity index (χ1) is 9.26. The molecule has 0 atom stereocenters. The van der Waals surface area contributed by atoms with Gasteiger partial charge in [-0.3, -0.25) is 0 Å². The summed E-state index contributed by atoms with van der Waals surface area (Å²) < 4.78 is 61.9. The van der Waals surface area contributed by atoms with E-state index in [0.29, 0.717) is 19.3 Å². The third-order valence-electron chi connectivity index (χ3n) is 2.81. The molecule has 1 N–H and O–H groups in total. The highest BCUT2D eigenvalue weighted by molar-refractivity contribution is 7.90. The summed E-state index contributed by atoms with van der Waals surface area (Å²) >= 11 is 0. The van der Waals surface area contributed by atoms with E-state index in [1.54, 1.807) is 0 Å². The molecule has 0 radical (unpaired) electrons. The Labute approximate surface area is 116 Å². The molecule has 1 rings (SSSR count). The number of aliphatic hydroxyl groups is 1. The Morgan fingerprint density at radius 2 is 1.70 bits per heavy atom. The van der Waals surface area contributed by atoms with Crippen LogP contribution >= 0.6 is 0 Å². The maximum absolute atomic E-state index is 12.8. The Kier molecular flexibility index (Phi) is 6.01. The van der Waals surface area contributed by atoms with Crippen LogP contribution in [0.3, 0.4) is 0 Å². The fourth-order valence-electron chi connectivity index (χ4n) is 1.84. The van der Waals surface area contributed by atoms with Crippen LogP contribution < -0.4 is 0 Å². The molecule has 0 fully saturated rings. The van der Waals surface area contributed by atoms with Crippen molar-refractivity contribution < 1.29 is 26.7 Å². The Hall–Kier alpha value is -1.08. The SMILES string of the molecule is O=S(=O)(CCCCCO)Cc1ccccc1C(F)(F)F. The number of hydrogen-bond acceptors (Lipinski definition) is 3. The van der Waals surface area contributed by atoms with Gasteiger partial charge in [-0.1, -0.05) is 24.6 Å². The summed E-state index contributed by atoms with van der Waals surface area (Å²) in [7, 11) is -3.58. The predicted molar refractivity (Wildman–Crippen MR) is 69.9 cm³/mol. The molecule has 1 aromatic carbocycles. The summed E-state index contributed by atoms with van der Waals surface area (Å²) in [6.07, 6.45) is -3.18. The zero-order valence-electron chi connectivity index (χ0n) is 10.9. The number of sulfone groups is 1. The Morgan fingerprint density at radius 1 is 1.05 bits per heavy atom. The second-order valence-electron chi connectivity index (χ2n) is 4.53. The van der Waals surface area contributed by atoms with E-state index in [1.165, 1.54) is 18.2 Å². The normalized spacial score (nSPS) is 12.6. The van der Waals surface area contributed by atoms with Crippen molar-refractivity contribution in [1.82, 2.24) is 0 Å². The molecule has 0 amide bonds. The lowest BCUT2D eigenvalue weighted by atomic mass is 10.1. The van der Waals surface area contributed by atoms with Gasteiger partial charge in [0.05, 0.1) is 17.1 Å². The van der Waals surface area contributed by atoms with Crippen molar-refractivity contribution in [2.24, 2.45) is 0 Å². The van der Waals surface area contributed by atoms with Gasteiger partial charge in [0, 0.05) is 6.61 Å². The van der Waals surface area contributed by atoms with Crippen molar-refractivity contribution >= 4 is 9.84 Å². The average molecular weight is 310 g/mol. The summed E-state index contributed by atoms with van der Waals surface area (Å²) in [5.41, 5.74) is -1.12. The molecule has 0 aliphatic rings. The molecular weight excluding hydrogens is 293 g/mol. The van der Waals surface area contributed by atoms with Crippen LogP contribution in [0.4, 0.5) is 13.2 Å². The number of hydrogen-bond donors (Lipinski definition) is 1. The number of aliphatic hydroxyl groups excluding tert-OH is 1. The van der Waals surface area contributed by atoms with Crippen LogP contribution in [0.15, 0.2) is 24.3 Å². The Balaban J connectivity index is 2.78. The van der Waals surface area contributed by atoms with E-state index in [4.69, 9.17) is 5.11 Å². The standard InChI is InChI=1S/C13H17F3O3S/c14-13(15,16)12-7-3-2-6-11(12)10-20(18,19)9-5-1-4-8-17/h2-3,6-7,17H,1,4-5,8-10H2. The molecule has 0 unspecified atom stereocenters. The maximum atomic E-state index is 12.8. The smallest absolute Gasteiger partial charge is 0.396 e. The summed E-state index contributed by atoms with van der Waals surface area (Å²) in [6, 6.07) is 4.71. The highest BCUT2D eigenvalue weighted by atomic mass is 32.2. The Morgan fingerprint density at radius 3 is 2.30 bits per heavy atom. The molecule has 0 aliphatic carbocycles. The van der Waals surface area contributed by atoms with Crippen molar-refractivity contribution in [2.75, 3.05) is 12.4 Å². The van der Waals surface area contributed by atoms with Crippen molar-refractivity contribution in [1.29, 1.82) is 0 Å². The number of alkyl halides is 3. The summed E-state index contributed by atoms with van der Waals surface area (Å²) in [5, 5.41) is 8.58. The lowest BCUT2D eigenvalue weighted by molar-refractivity contribution is -0.138. The topological polar surface area (TPSA) is 54.4 Å². The molecule has 0 spiro atoms. The van der Waals surface area contributed by atoms with E-state index < -0.39 is 27.3 Å². The third kappa shape index (κ3) is 5.50. The molecule has 20 heavy (non-hydrogen) atoms. The highest BCUT2D eigenvalue weighted by Crippen LogP contribution is 2.32. The average Bonchev–Trinajstić information content (AvgIpc) is 2.33. The van der Waals surface area contributed by atoms with Crippen LogP contribution in [0.1, 0.15) is 30.4 Å². The van der Waals surface area contributed by atoms with Crippen LogP contribution in [-0.4, -0.2) is 25.9 Å². The van der Waals surface area contributed by atoms with Crippen molar-refractivity contribution in [3.63, 3.8) is 0 Å². The van der Waals surface area contributed by atoms with Gasteiger partial charge in [0.2, 0.25) is 0 Å². The van der Waals surface area contributed by atoms with E-state index in [2.05, 4.69) is 0 Å². The fourth-order valence-corrected chi connectivity index (χ4v) is 3.36. The minimum absolute atomic E-state index is 0.0169. The number of unbranched alkanes of at least 4 members (excludes halogenated alkanes) is 2. The first kappa shape index (κ1) is 17.0. The second kappa shape index (κ2) is 7.08. The lowest BCUT2D eigenvalue weighted by Gasteiger charge is -2.12. The number of halogens is 3. The highest BCUT2D eigenvalue weighted by Gasteiger charge is 2.33. The van der Waals surface area contributed by atoms with Gasteiger partial charge in [0.15, 0.2) is 9.84 Å². The number of benzene rings is 1. The van der Waals surface area contributed by atoms with Gasteiger partial charge in [-0.2, -0.15) is 13.2 Å². The molecule has 114 valence electrons. The van der Waals surface area contributed by atoms with E-state index in [9.17, 15) is 21.6 Å². The monoisotopic (exact) mass is 310 g/mol. The minimum atomic E-state index is -4.55. The van der Waals surface area contributed by atoms with Gasteiger partial charge in [-0.25, -0.2) is 8.42 Å². The summed E-state index contributed by atoms with van der Waals surface area (Å²) in [4.78, 5) is 0. The van der Waals surface area contributed by atoms with E-state index in [0.717, 1.165) is 6.07 Å². The van der Waals surface area contributed by atoms with Crippen LogP contribution in [0, 0.1) is 0 Å². The minimum Gasteiger partial charge on any atom is -0.396 e. The third-order valence-corrected chi connectivity index (χ3v) is 4.47. The fraction of sp³-hybridized carbons (Fsp3) is 0.538. The van der Waals surface area contributed by atoms with Crippen molar-refractivity contribution in [3.05, 3.63) is 35.4 Å². The first-order valence-corrected chi connectivity index (χ1v) is 8.05. The lowest BCUT2D eigenvalue weighted by Crippen LogP contribution is -2.15. The second-order valence-corrected chi connectivity index (χ2v) is 6.72. The molecule has 0 saturated carbocycles. The van der Waals surface area contributed by atoms with Crippen LogP contribution in [0.2, 0.25) is 0 Å². The molecule has 3 nitrogen and oxygen atoms in total. The van der Waals surface area contributed by atoms with Gasteiger partial charge in [0.25, 0.3) is 0 Å². The molecule has 7 heteroatoms.